The second-order valence-corrected chi connectivity index (χ2v) is 9.26. The average Bonchev–Trinajstić information content (AvgIpc) is 3.16. The van der Waals surface area contributed by atoms with Gasteiger partial charge in [0.25, 0.3) is 0 Å². The SMILES string of the molecule is CCS(=O)(=O)Nc1ccc(CCC(=O)c2[nH]ncc2-c2ccc(Cl)cc2Cl)cc1. The van der Waals surface area contributed by atoms with Gasteiger partial charge in [-0.1, -0.05) is 41.4 Å². The average molecular weight is 452 g/mol. The van der Waals surface area contributed by atoms with Gasteiger partial charge in [-0.25, -0.2) is 8.42 Å². The second-order valence-electron chi connectivity index (χ2n) is 6.41. The zero-order chi connectivity index (χ0) is 21.0. The quantitative estimate of drug-likeness (QED) is 0.473. The van der Waals surface area contributed by atoms with Crippen molar-refractivity contribution in [2.24, 2.45) is 0 Å². The van der Waals surface area contributed by atoms with Crippen molar-refractivity contribution in [1.29, 1.82) is 0 Å². The molecule has 0 atom stereocenters. The number of carbonyl (C=O) groups excluding carboxylic acids is 1. The number of halogens is 2. The third-order valence-corrected chi connectivity index (χ3v) is 6.24. The van der Waals surface area contributed by atoms with Gasteiger partial charge in [0.15, 0.2) is 5.78 Å². The molecule has 0 saturated carbocycles. The van der Waals surface area contributed by atoms with E-state index in [1.807, 2.05) is 0 Å². The molecular formula is C20H19Cl2N3O3S. The summed E-state index contributed by atoms with van der Waals surface area (Å²) in [4.78, 5) is 12.7. The van der Waals surface area contributed by atoms with Crippen molar-refractivity contribution < 1.29 is 13.2 Å². The van der Waals surface area contributed by atoms with E-state index in [9.17, 15) is 13.2 Å². The van der Waals surface area contributed by atoms with E-state index in [1.165, 1.54) is 0 Å². The summed E-state index contributed by atoms with van der Waals surface area (Å²) < 4.78 is 25.7. The zero-order valence-corrected chi connectivity index (χ0v) is 17.9. The maximum absolute atomic E-state index is 12.7. The molecule has 152 valence electrons. The summed E-state index contributed by atoms with van der Waals surface area (Å²) in [7, 11) is -3.31. The summed E-state index contributed by atoms with van der Waals surface area (Å²) in [6.07, 6.45) is 2.34. The fourth-order valence-corrected chi connectivity index (χ4v) is 3.93. The number of aromatic amines is 1. The van der Waals surface area contributed by atoms with Crippen LogP contribution in [0.15, 0.2) is 48.7 Å². The fourth-order valence-electron chi connectivity index (χ4n) is 2.78. The number of nitrogens with zero attached hydrogens (tertiary/aromatic N) is 1. The molecule has 1 aromatic heterocycles. The highest BCUT2D eigenvalue weighted by molar-refractivity contribution is 7.92. The lowest BCUT2D eigenvalue weighted by Crippen LogP contribution is -2.14. The van der Waals surface area contributed by atoms with E-state index in [2.05, 4.69) is 14.9 Å². The summed E-state index contributed by atoms with van der Waals surface area (Å²) in [5.41, 5.74) is 3.11. The van der Waals surface area contributed by atoms with Crippen molar-refractivity contribution in [2.45, 2.75) is 19.8 Å². The van der Waals surface area contributed by atoms with E-state index < -0.39 is 10.0 Å². The van der Waals surface area contributed by atoms with Crippen LogP contribution in [0.2, 0.25) is 10.0 Å². The van der Waals surface area contributed by atoms with E-state index in [-0.39, 0.29) is 18.0 Å². The van der Waals surface area contributed by atoms with Crippen LogP contribution in [0, 0.1) is 0 Å². The third kappa shape index (κ3) is 5.38. The van der Waals surface area contributed by atoms with Gasteiger partial charge < -0.3 is 0 Å². The van der Waals surface area contributed by atoms with Crippen LogP contribution in [-0.4, -0.2) is 30.2 Å². The molecule has 0 radical (unpaired) electrons. The third-order valence-electron chi connectivity index (χ3n) is 4.39. The van der Waals surface area contributed by atoms with Gasteiger partial charge in [0.05, 0.1) is 17.0 Å². The van der Waals surface area contributed by atoms with Crippen LogP contribution in [0.5, 0.6) is 0 Å². The Labute approximate surface area is 179 Å². The number of hydrogen-bond donors (Lipinski definition) is 2. The Bertz CT molecular complexity index is 1130. The molecule has 0 aliphatic carbocycles. The first-order valence-corrected chi connectivity index (χ1v) is 11.3. The van der Waals surface area contributed by atoms with E-state index in [4.69, 9.17) is 23.2 Å². The number of carbonyl (C=O) groups is 1. The number of aryl methyl sites for hydroxylation is 1. The monoisotopic (exact) mass is 451 g/mol. The molecule has 0 fully saturated rings. The molecule has 0 bridgehead atoms. The molecule has 29 heavy (non-hydrogen) atoms. The number of hydrogen-bond acceptors (Lipinski definition) is 4. The Kier molecular flexibility index (Phi) is 6.62. The molecule has 0 unspecified atom stereocenters. The van der Waals surface area contributed by atoms with Crippen molar-refractivity contribution in [3.63, 3.8) is 0 Å². The molecule has 0 spiro atoms. The summed E-state index contributed by atoms with van der Waals surface area (Å²) in [5.74, 6) is -0.0905. The van der Waals surface area contributed by atoms with Gasteiger partial charge in [0.1, 0.15) is 5.69 Å². The van der Waals surface area contributed by atoms with Crippen LogP contribution >= 0.6 is 23.2 Å². The summed E-state index contributed by atoms with van der Waals surface area (Å²) in [6.45, 7) is 1.57. The molecule has 0 aliphatic heterocycles. The summed E-state index contributed by atoms with van der Waals surface area (Å²) >= 11 is 12.2. The van der Waals surface area contributed by atoms with Gasteiger partial charge in [0.2, 0.25) is 10.0 Å². The first-order chi connectivity index (χ1) is 13.8. The smallest absolute Gasteiger partial charge is 0.232 e. The lowest BCUT2D eigenvalue weighted by atomic mass is 10.0. The molecule has 2 N–H and O–H groups in total. The van der Waals surface area contributed by atoms with E-state index in [0.717, 1.165) is 5.56 Å². The molecule has 0 saturated heterocycles. The number of aromatic nitrogens is 2. The minimum absolute atomic E-state index is 0.00735. The maximum Gasteiger partial charge on any atom is 0.232 e. The van der Waals surface area contributed by atoms with Crippen LogP contribution in [0.3, 0.4) is 0 Å². The molecule has 1 heterocycles. The predicted molar refractivity (Wildman–Crippen MR) is 116 cm³/mol. The number of anilines is 1. The van der Waals surface area contributed by atoms with Gasteiger partial charge >= 0.3 is 0 Å². The second kappa shape index (κ2) is 8.98. The molecule has 0 amide bonds. The Balaban J connectivity index is 1.69. The Morgan fingerprint density at radius 1 is 1.10 bits per heavy atom. The van der Waals surface area contributed by atoms with E-state index >= 15 is 0 Å². The van der Waals surface area contributed by atoms with E-state index in [1.54, 1.807) is 55.6 Å². The van der Waals surface area contributed by atoms with Crippen molar-refractivity contribution in [1.82, 2.24) is 10.2 Å². The number of Topliss-reactive ketones (excluding diaryl/α,β-unsaturated/α-hetero) is 1. The predicted octanol–water partition coefficient (Wildman–Crippen LogP) is 4.96. The van der Waals surface area contributed by atoms with Gasteiger partial charge in [-0.15, -0.1) is 0 Å². The molecule has 9 heteroatoms. The standard InChI is InChI=1S/C20H19Cl2N3O3S/c1-2-29(27,28)25-15-7-3-13(4-8-15)5-10-19(26)20-17(12-23-24-20)16-9-6-14(21)11-18(16)22/h3-4,6-9,11-12,25H,2,5,10H2,1H3,(H,23,24). The van der Waals surface area contributed by atoms with Crippen LogP contribution in [0.4, 0.5) is 5.69 Å². The van der Waals surface area contributed by atoms with Crippen LogP contribution in [0.1, 0.15) is 29.4 Å². The topological polar surface area (TPSA) is 91.9 Å². The molecule has 3 rings (SSSR count). The first kappa shape index (κ1) is 21.4. The Hall–Kier alpha value is -2.35. The highest BCUT2D eigenvalue weighted by Gasteiger charge is 2.17. The number of rotatable bonds is 8. The first-order valence-electron chi connectivity index (χ1n) is 8.90. The van der Waals surface area contributed by atoms with Gasteiger partial charge in [-0.05, 0) is 43.2 Å². The minimum Gasteiger partial charge on any atom is -0.292 e. The van der Waals surface area contributed by atoms with Crippen LogP contribution < -0.4 is 4.72 Å². The minimum atomic E-state index is -3.31. The highest BCUT2D eigenvalue weighted by atomic mass is 35.5. The van der Waals surface area contributed by atoms with Crippen molar-refractivity contribution in [3.8, 4) is 11.1 Å². The highest BCUT2D eigenvalue weighted by Crippen LogP contribution is 2.32. The summed E-state index contributed by atoms with van der Waals surface area (Å²) in [5, 5.41) is 7.70. The molecular weight excluding hydrogens is 433 g/mol. The Morgan fingerprint density at radius 3 is 2.48 bits per heavy atom. The van der Waals surface area contributed by atoms with Crippen LogP contribution in [0.25, 0.3) is 11.1 Å². The molecule has 3 aromatic rings. The fraction of sp³-hybridized carbons (Fsp3) is 0.200. The summed E-state index contributed by atoms with van der Waals surface area (Å²) in [6, 6.07) is 12.0. The molecule has 0 aliphatic rings. The molecule has 2 aromatic carbocycles. The largest absolute Gasteiger partial charge is 0.292 e. The lowest BCUT2D eigenvalue weighted by Gasteiger charge is -2.08. The van der Waals surface area contributed by atoms with Crippen molar-refractivity contribution in [3.05, 3.63) is 70.0 Å². The normalized spacial score (nSPS) is 11.4. The van der Waals surface area contributed by atoms with Gasteiger partial charge in [-0.2, -0.15) is 5.10 Å². The van der Waals surface area contributed by atoms with E-state index in [0.29, 0.717) is 39.0 Å². The van der Waals surface area contributed by atoms with Crippen molar-refractivity contribution >= 4 is 44.7 Å². The Morgan fingerprint density at radius 2 is 1.83 bits per heavy atom. The number of nitrogens with one attached hydrogen (secondary N) is 2. The van der Waals surface area contributed by atoms with Gasteiger partial charge in [-0.3, -0.25) is 14.6 Å². The number of H-pyrrole nitrogens is 1. The molecule has 6 nitrogen and oxygen atoms in total. The lowest BCUT2D eigenvalue weighted by molar-refractivity contribution is 0.0978. The number of ketones is 1. The number of benzene rings is 2. The van der Waals surface area contributed by atoms with Crippen LogP contribution in [-0.2, 0) is 16.4 Å². The number of sulfonamides is 1. The van der Waals surface area contributed by atoms with Crippen molar-refractivity contribution in [2.75, 3.05) is 10.5 Å². The van der Waals surface area contributed by atoms with Gasteiger partial charge in [0, 0.05) is 28.3 Å². The zero-order valence-electron chi connectivity index (χ0n) is 15.6. The maximum atomic E-state index is 12.7.